The third-order valence-corrected chi connectivity index (χ3v) is 5.88. The zero-order valence-corrected chi connectivity index (χ0v) is 13.4. The van der Waals surface area contributed by atoms with E-state index in [1.807, 2.05) is 0 Å². The molecule has 2 N–H and O–H groups in total. The molecule has 0 unspecified atom stereocenters. The largest absolute Gasteiger partial charge is 0.462 e. The number of carbonyl (C=O) groups excluding carboxylic acids is 1. The minimum atomic E-state index is -0.550. The van der Waals surface area contributed by atoms with Crippen molar-refractivity contribution in [3.63, 3.8) is 0 Å². The van der Waals surface area contributed by atoms with E-state index in [0.717, 1.165) is 19.3 Å². The Hall–Kier alpha value is -0.870. The lowest BCUT2D eigenvalue weighted by Gasteiger charge is -2.42. The van der Waals surface area contributed by atoms with Crippen LogP contribution in [0.25, 0.3) is 0 Å². The summed E-state index contributed by atoms with van der Waals surface area (Å²) >= 11 is 0. The Balaban J connectivity index is 1.63. The lowest BCUT2D eigenvalue weighted by Crippen LogP contribution is -2.38. The molecule has 4 heteroatoms. The van der Waals surface area contributed by atoms with Crippen molar-refractivity contribution in [1.29, 1.82) is 0 Å². The zero-order valence-electron chi connectivity index (χ0n) is 13.4. The summed E-state index contributed by atoms with van der Waals surface area (Å²) in [5, 5.41) is 20.0. The first-order chi connectivity index (χ1) is 10.5. The molecule has 0 radical (unpaired) electrons. The van der Waals surface area contributed by atoms with Gasteiger partial charge in [-0.2, -0.15) is 0 Å². The predicted molar refractivity (Wildman–Crippen MR) is 83.1 cm³/mol. The van der Waals surface area contributed by atoms with E-state index >= 15 is 0 Å². The quantitative estimate of drug-likeness (QED) is 0.621. The van der Waals surface area contributed by atoms with Crippen LogP contribution >= 0.6 is 0 Å². The van der Waals surface area contributed by atoms with Gasteiger partial charge in [-0.05, 0) is 49.9 Å². The summed E-state index contributed by atoms with van der Waals surface area (Å²) in [6.07, 6.45) is 8.36. The van der Waals surface area contributed by atoms with E-state index in [4.69, 9.17) is 4.74 Å². The summed E-state index contributed by atoms with van der Waals surface area (Å²) in [6.45, 7) is 2.14. The number of esters is 1. The third kappa shape index (κ3) is 3.38. The number of aliphatic hydroxyl groups is 2. The number of hydrogen-bond acceptors (Lipinski definition) is 4. The topological polar surface area (TPSA) is 66.8 Å². The summed E-state index contributed by atoms with van der Waals surface area (Å²) in [6, 6.07) is 0. The number of rotatable bonds is 3. The maximum atomic E-state index is 11.4. The van der Waals surface area contributed by atoms with Crippen molar-refractivity contribution in [3.05, 3.63) is 11.6 Å². The van der Waals surface area contributed by atoms with Crippen LogP contribution in [0.4, 0.5) is 0 Å². The molecule has 2 aliphatic carbocycles. The van der Waals surface area contributed by atoms with E-state index in [9.17, 15) is 15.0 Å². The molecule has 22 heavy (non-hydrogen) atoms. The first-order valence-electron chi connectivity index (χ1n) is 8.80. The molecule has 0 spiro atoms. The highest BCUT2D eigenvalue weighted by Crippen LogP contribution is 2.45. The van der Waals surface area contributed by atoms with Crippen molar-refractivity contribution in [2.75, 3.05) is 0 Å². The minimum Gasteiger partial charge on any atom is -0.462 e. The van der Waals surface area contributed by atoms with Gasteiger partial charge in [0.25, 0.3) is 0 Å². The number of carbonyl (C=O) groups is 1. The molecule has 1 saturated carbocycles. The van der Waals surface area contributed by atoms with Crippen LogP contribution in [0.3, 0.4) is 0 Å². The van der Waals surface area contributed by atoms with Crippen LogP contribution in [-0.4, -0.2) is 34.5 Å². The van der Waals surface area contributed by atoms with Crippen LogP contribution in [0.5, 0.6) is 0 Å². The summed E-state index contributed by atoms with van der Waals surface area (Å²) < 4.78 is 5.37. The summed E-state index contributed by atoms with van der Waals surface area (Å²) in [7, 11) is 0. The van der Waals surface area contributed by atoms with Gasteiger partial charge in [0.1, 0.15) is 6.10 Å². The Kier molecular flexibility index (Phi) is 4.88. The fourth-order valence-corrected chi connectivity index (χ4v) is 4.63. The van der Waals surface area contributed by atoms with Gasteiger partial charge in [0.05, 0.1) is 18.6 Å². The van der Waals surface area contributed by atoms with Gasteiger partial charge in [0.2, 0.25) is 0 Å². The van der Waals surface area contributed by atoms with Crippen molar-refractivity contribution in [3.8, 4) is 0 Å². The second-order valence-electron chi connectivity index (χ2n) is 7.39. The summed E-state index contributed by atoms with van der Waals surface area (Å²) in [5.41, 5.74) is 1.45. The van der Waals surface area contributed by atoms with Crippen LogP contribution < -0.4 is 0 Å². The summed E-state index contributed by atoms with van der Waals surface area (Å²) in [4.78, 5) is 11.4. The standard InChI is InChI=1S/C18H28O4/c1-11-15(7-6-14-9-13(19)10-18(21)22-14)16-5-3-2-4-12(16)8-17(11)20/h8,11,13-17,19-20H,2-7,9-10H2,1H3/t11-,13-,14-,15+,16+,17-/m1/s1. The predicted octanol–water partition coefficient (Wildman–Crippen LogP) is 2.58. The molecule has 1 heterocycles. The lowest BCUT2D eigenvalue weighted by atomic mass is 9.64. The van der Waals surface area contributed by atoms with Gasteiger partial charge in [0, 0.05) is 6.42 Å². The van der Waals surface area contributed by atoms with Gasteiger partial charge >= 0.3 is 5.97 Å². The molecule has 0 aromatic heterocycles. The van der Waals surface area contributed by atoms with Gasteiger partial charge in [-0.25, -0.2) is 0 Å². The molecule has 0 aromatic carbocycles. The van der Waals surface area contributed by atoms with E-state index < -0.39 is 6.10 Å². The Morgan fingerprint density at radius 3 is 2.86 bits per heavy atom. The Labute approximate surface area is 132 Å². The Morgan fingerprint density at radius 2 is 2.09 bits per heavy atom. The fourth-order valence-electron chi connectivity index (χ4n) is 4.63. The van der Waals surface area contributed by atoms with Crippen molar-refractivity contribution >= 4 is 5.97 Å². The second-order valence-corrected chi connectivity index (χ2v) is 7.39. The second kappa shape index (κ2) is 6.71. The van der Waals surface area contributed by atoms with Crippen molar-refractivity contribution in [2.24, 2.45) is 17.8 Å². The molecule has 6 atom stereocenters. The van der Waals surface area contributed by atoms with Gasteiger partial charge < -0.3 is 14.9 Å². The van der Waals surface area contributed by atoms with Gasteiger partial charge in [0.15, 0.2) is 0 Å². The highest BCUT2D eigenvalue weighted by Gasteiger charge is 2.38. The monoisotopic (exact) mass is 308 g/mol. The average Bonchev–Trinajstić information content (AvgIpc) is 2.47. The van der Waals surface area contributed by atoms with Crippen molar-refractivity contribution in [1.82, 2.24) is 0 Å². The highest BCUT2D eigenvalue weighted by atomic mass is 16.5. The van der Waals surface area contributed by atoms with Gasteiger partial charge in [-0.15, -0.1) is 0 Å². The van der Waals surface area contributed by atoms with Crippen LogP contribution in [0.2, 0.25) is 0 Å². The average molecular weight is 308 g/mol. The molecule has 0 amide bonds. The number of aliphatic hydroxyl groups excluding tert-OH is 2. The first kappa shape index (κ1) is 16.0. The normalized spacial score (nSPS) is 42.3. The van der Waals surface area contributed by atoms with Crippen LogP contribution in [0.15, 0.2) is 11.6 Å². The summed E-state index contributed by atoms with van der Waals surface area (Å²) in [5.74, 6) is 1.04. The molecule has 3 rings (SSSR count). The maximum absolute atomic E-state index is 11.4. The smallest absolute Gasteiger partial charge is 0.308 e. The van der Waals surface area contributed by atoms with E-state index in [1.54, 1.807) is 0 Å². The van der Waals surface area contributed by atoms with Crippen LogP contribution in [0.1, 0.15) is 58.3 Å². The third-order valence-electron chi connectivity index (χ3n) is 5.88. The molecule has 0 aromatic rings. The molecule has 0 bridgehead atoms. The molecule has 1 saturated heterocycles. The van der Waals surface area contributed by atoms with Crippen molar-refractivity contribution < 1.29 is 19.7 Å². The van der Waals surface area contributed by atoms with E-state index in [2.05, 4.69) is 13.0 Å². The SMILES string of the molecule is C[C@@H]1[C@H](CC[C@@H]2C[C@@H](O)CC(=O)O2)[C@H]2CCCCC2=C[C@H]1O. The van der Waals surface area contributed by atoms with Crippen LogP contribution in [-0.2, 0) is 9.53 Å². The van der Waals surface area contributed by atoms with E-state index in [0.29, 0.717) is 18.3 Å². The maximum Gasteiger partial charge on any atom is 0.308 e. The highest BCUT2D eigenvalue weighted by molar-refractivity contribution is 5.70. The van der Waals surface area contributed by atoms with Crippen molar-refractivity contribution in [2.45, 2.75) is 76.6 Å². The number of allylic oxidation sites excluding steroid dienone is 1. The molecule has 4 nitrogen and oxygen atoms in total. The lowest BCUT2D eigenvalue weighted by molar-refractivity contribution is -0.160. The number of fused-ring (bicyclic) bond motifs is 1. The van der Waals surface area contributed by atoms with Gasteiger partial charge in [-0.3, -0.25) is 4.79 Å². The minimum absolute atomic E-state index is 0.130. The molecule has 124 valence electrons. The Morgan fingerprint density at radius 1 is 1.27 bits per heavy atom. The molecule has 2 fully saturated rings. The fraction of sp³-hybridized carbons (Fsp3) is 0.833. The number of ether oxygens (including phenoxy) is 1. The first-order valence-corrected chi connectivity index (χ1v) is 8.80. The van der Waals surface area contributed by atoms with Crippen LogP contribution in [0, 0.1) is 17.8 Å². The number of hydrogen-bond donors (Lipinski definition) is 2. The van der Waals surface area contributed by atoms with E-state index in [1.165, 1.54) is 24.8 Å². The molecule has 1 aliphatic heterocycles. The molecule has 3 aliphatic rings. The zero-order chi connectivity index (χ0) is 15.7. The number of cyclic esters (lactones) is 1. The molecular weight excluding hydrogens is 280 g/mol. The molecular formula is C18H28O4. The van der Waals surface area contributed by atoms with E-state index in [-0.39, 0.29) is 30.5 Å². The Bertz CT molecular complexity index is 444. The van der Waals surface area contributed by atoms with Gasteiger partial charge in [-0.1, -0.05) is 25.0 Å².